The largest absolute Gasteiger partial charge is 0.497 e. The van der Waals surface area contributed by atoms with Gasteiger partial charge >= 0.3 is 0 Å². The molecule has 1 aromatic carbocycles. The number of carbonyl (C=O) groups excluding carboxylic acids is 1. The highest BCUT2D eigenvalue weighted by atomic mass is 16.5. The van der Waals surface area contributed by atoms with E-state index < -0.39 is 11.5 Å². The normalized spacial score (nSPS) is 10.0. The number of pyridine rings is 1. The molecule has 0 aliphatic rings. The Morgan fingerprint density at radius 1 is 1.24 bits per heavy atom. The van der Waals surface area contributed by atoms with Gasteiger partial charge in [-0.2, -0.15) is 0 Å². The molecule has 0 radical (unpaired) electrons. The predicted octanol–water partition coefficient (Wildman–Crippen LogP) is 1.32. The minimum absolute atomic E-state index is 0.0741. The topological polar surface area (TPSA) is 80.4 Å². The van der Waals surface area contributed by atoms with Crippen LogP contribution >= 0.6 is 0 Å². The van der Waals surface area contributed by atoms with Gasteiger partial charge in [0.1, 0.15) is 17.1 Å². The van der Waals surface area contributed by atoms with Gasteiger partial charge in [-0.15, -0.1) is 0 Å². The molecule has 0 saturated heterocycles. The second kappa shape index (κ2) is 6.60. The van der Waals surface area contributed by atoms with E-state index in [1.165, 1.54) is 12.3 Å². The van der Waals surface area contributed by atoms with E-state index in [4.69, 9.17) is 9.47 Å². The maximum Gasteiger partial charge on any atom is 0.260 e. The van der Waals surface area contributed by atoms with Crippen LogP contribution in [0.2, 0.25) is 0 Å². The molecule has 1 aromatic heterocycles. The second-order valence-corrected chi connectivity index (χ2v) is 4.27. The Morgan fingerprint density at radius 2 is 2.05 bits per heavy atom. The van der Waals surface area contributed by atoms with Crippen LogP contribution in [0.25, 0.3) is 0 Å². The van der Waals surface area contributed by atoms with Crippen molar-refractivity contribution < 1.29 is 14.3 Å². The zero-order chi connectivity index (χ0) is 15.2. The molecule has 2 N–H and O–H groups in total. The maximum atomic E-state index is 12.0. The van der Waals surface area contributed by atoms with E-state index in [2.05, 4.69) is 10.3 Å². The van der Waals surface area contributed by atoms with Crippen LogP contribution in [0.5, 0.6) is 11.5 Å². The van der Waals surface area contributed by atoms with Gasteiger partial charge < -0.3 is 19.8 Å². The molecule has 0 fully saturated rings. The number of benzene rings is 1. The lowest BCUT2D eigenvalue weighted by atomic mass is 10.2. The average Bonchev–Trinajstić information content (AvgIpc) is 2.52. The van der Waals surface area contributed by atoms with Gasteiger partial charge in [0.05, 0.1) is 14.2 Å². The van der Waals surface area contributed by atoms with E-state index in [-0.39, 0.29) is 12.1 Å². The Balaban J connectivity index is 2.11. The van der Waals surface area contributed by atoms with E-state index >= 15 is 0 Å². The molecule has 1 heterocycles. The number of aromatic amines is 1. The Labute approximate surface area is 121 Å². The first-order valence-corrected chi connectivity index (χ1v) is 6.32. The molecule has 0 aliphatic heterocycles. The SMILES string of the molecule is COc1ccc(CNC(=O)c2ccc[nH]c2=O)c(OC)c1. The minimum Gasteiger partial charge on any atom is -0.497 e. The van der Waals surface area contributed by atoms with Gasteiger partial charge in [0.15, 0.2) is 0 Å². The van der Waals surface area contributed by atoms with Gasteiger partial charge in [0.25, 0.3) is 11.5 Å². The van der Waals surface area contributed by atoms with Crippen molar-refractivity contribution in [2.75, 3.05) is 14.2 Å². The number of carbonyl (C=O) groups is 1. The van der Waals surface area contributed by atoms with Gasteiger partial charge in [-0.3, -0.25) is 9.59 Å². The third-order valence-electron chi connectivity index (χ3n) is 3.00. The number of aromatic nitrogens is 1. The van der Waals surface area contributed by atoms with Crippen LogP contribution in [0, 0.1) is 0 Å². The summed E-state index contributed by atoms with van der Waals surface area (Å²) in [7, 11) is 3.11. The maximum absolute atomic E-state index is 12.0. The summed E-state index contributed by atoms with van der Waals surface area (Å²) in [6.07, 6.45) is 1.48. The van der Waals surface area contributed by atoms with Crippen LogP contribution < -0.4 is 20.3 Å². The van der Waals surface area contributed by atoms with Crippen molar-refractivity contribution in [2.45, 2.75) is 6.54 Å². The van der Waals surface area contributed by atoms with Crippen molar-refractivity contribution >= 4 is 5.91 Å². The fourth-order valence-corrected chi connectivity index (χ4v) is 1.87. The van der Waals surface area contributed by atoms with Crippen LogP contribution in [0.4, 0.5) is 0 Å². The van der Waals surface area contributed by atoms with Crippen LogP contribution in [-0.2, 0) is 6.54 Å². The van der Waals surface area contributed by atoms with Crippen LogP contribution in [-0.4, -0.2) is 25.1 Å². The van der Waals surface area contributed by atoms with Crippen molar-refractivity contribution in [3.63, 3.8) is 0 Å². The van der Waals surface area contributed by atoms with Crippen LogP contribution in [0.1, 0.15) is 15.9 Å². The van der Waals surface area contributed by atoms with Gasteiger partial charge in [0, 0.05) is 24.4 Å². The fourth-order valence-electron chi connectivity index (χ4n) is 1.87. The quantitative estimate of drug-likeness (QED) is 0.869. The number of hydrogen-bond donors (Lipinski definition) is 2. The lowest BCUT2D eigenvalue weighted by molar-refractivity contribution is 0.0949. The molecular formula is C15H16N2O4. The number of rotatable bonds is 5. The smallest absolute Gasteiger partial charge is 0.260 e. The number of H-pyrrole nitrogens is 1. The predicted molar refractivity (Wildman–Crippen MR) is 77.8 cm³/mol. The number of ether oxygens (including phenoxy) is 2. The van der Waals surface area contributed by atoms with Gasteiger partial charge in [-0.25, -0.2) is 0 Å². The summed E-state index contributed by atoms with van der Waals surface area (Å²) in [5.74, 6) is 0.841. The molecule has 21 heavy (non-hydrogen) atoms. The van der Waals surface area contributed by atoms with Crippen molar-refractivity contribution in [2.24, 2.45) is 0 Å². The van der Waals surface area contributed by atoms with Crippen molar-refractivity contribution in [3.05, 3.63) is 58.0 Å². The molecule has 6 heteroatoms. The van der Waals surface area contributed by atoms with E-state index in [1.807, 2.05) is 0 Å². The highest BCUT2D eigenvalue weighted by Crippen LogP contribution is 2.24. The van der Waals surface area contributed by atoms with Gasteiger partial charge in [0.2, 0.25) is 0 Å². The molecule has 2 aromatic rings. The summed E-state index contributed by atoms with van der Waals surface area (Å²) >= 11 is 0. The van der Waals surface area contributed by atoms with E-state index in [0.717, 1.165) is 5.56 Å². The molecule has 110 valence electrons. The molecule has 0 atom stereocenters. The lowest BCUT2D eigenvalue weighted by Crippen LogP contribution is -2.29. The van der Waals surface area contributed by atoms with Crippen molar-refractivity contribution in [1.82, 2.24) is 10.3 Å². The van der Waals surface area contributed by atoms with E-state index in [9.17, 15) is 9.59 Å². The molecule has 0 aliphatic carbocycles. The standard InChI is InChI=1S/C15H16N2O4/c1-20-11-6-5-10(13(8-11)21-2)9-17-15(19)12-4-3-7-16-14(12)18/h3-8H,9H2,1-2H3,(H,16,18)(H,17,19). The first-order valence-electron chi connectivity index (χ1n) is 6.32. The number of methoxy groups -OCH3 is 2. The Bertz CT molecular complexity index is 694. The molecule has 1 amide bonds. The highest BCUT2D eigenvalue weighted by molar-refractivity contribution is 5.93. The number of amides is 1. The summed E-state index contributed by atoms with van der Waals surface area (Å²) < 4.78 is 10.4. The summed E-state index contributed by atoms with van der Waals surface area (Å²) in [6.45, 7) is 0.250. The Hall–Kier alpha value is -2.76. The van der Waals surface area contributed by atoms with E-state index in [1.54, 1.807) is 38.5 Å². The summed E-state index contributed by atoms with van der Waals surface area (Å²) in [5, 5.41) is 2.69. The average molecular weight is 288 g/mol. The molecule has 0 bridgehead atoms. The molecular weight excluding hydrogens is 272 g/mol. The Kier molecular flexibility index (Phi) is 4.61. The number of nitrogens with one attached hydrogen (secondary N) is 2. The van der Waals surface area contributed by atoms with Gasteiger partial charge in [-0.1, -0.05) is 0 Å². The first kappa shape index (κ1) is 14.6. The lowest BCUT2D eigenvalue weighted by Gasteiger charge is -2.11. The fraction of sp³-hybridized carbons (Fsp3) is 0.200. The summed E-state index contributed by atoms with van der Waals surface area (Å²) in [5.41, 5.74) is 0.445. The molecule has 2 rings (SSSR count). The zero-order valence-corrected chi connectivity index (χ0v) is 11.8. The monoisotopic (exact) mass is 288 g/mol. The molecule has 6 nitrogen and oxygen atoms in total. The van der Waals surface area contributed by atoms with Crippen LogP contribution in [0.15, 0.2) is 41.3 Å². The molecule has 0 saturated carbocycles. The second-order valence-electron chi connectivity index (χ2n) is 4.27. The zero-order valence-electron chi connectivity index (χ0n) is 11.8. The summed E-state index contributed by atoms with van der Waals surface area (Å²) in [6, 6.07) is 8.38. The van der Waals surface area contributed by atoms with Gasteiger partial charge in [-0.05, 0) is 24.3 Å². The Morgan fingerprint density at radius 3 is 2.71 bits per heavy atom. The number of hydrogen-bond acceptors (Lipinski definition) is 4. The van der Waals surface area contributed by atoms with Crippen molar-refractivity contribution in [3.8, 4) is 11.5 Å². The third-order valence-corrected chi connectivity index (χ3v) is 3.00. The third kappa shape index (κ3) is 3.42. The molecule has 0 unspecified atom stereocenters. The van der Waals surface area contributed by atoms with E-state index in [0.29, 0.717) is 11.5 Å². The van der Waals surface area contributed by atoms with Crippen LogP contribution in [0.3, 0.4) is 0 Å². The minimum atomic E-state index is -0.435. The highest BCUT2D eigenvalue weighted by Gasteiger charge is 2.11. The van der Waals surface area contributed by atoms with Crippen molar-refractivity contribution in [1.29, 1.82) is 0 Å². The summed E-state index contributed by atoms with van der Waals surface area (Å²) in [4.78, 5) is 25.9. The molecule has 0 spiro atoms. The first-order chi connectivity index (χ1) is 10.2.